The van der Waals surface area contributed by atoms with Crippen LogP contribution in [0, 0.1) is 11.3 Å². The van der Waals surface area contributed by atoms with Gasteiger partial charge in [0, 0.05) is 39.5 Å². The summed E-state index contributed by atoms with van der Waals surface area (Å²) in [5.74, 6) is 0.961. The van der Waals surface area contributed by atoms with Gasteiger partial charge < -0.3 is 20.7 Å². The van der Waals surface area contributed by atoms with E-state index >= 15 is 0 Å². The molecule has 1 heterocycles. The number of nitrogens with one attached hydrogen (secondary N) is 2. The summed E-state index contributed by atoms with van der Waals surface area (Å²) >= 11 is 6.45. The topological polar surface area (TPSA) is 91.4 Å². The molecule has 1 saturated heterocycles. The fourth-order valence-electron chi connectivity index (χ4n) is 5.48. The van der Waals surface area contributed by atoms with Crippen LogP contribution >= 0.6 is 11.6 Å². The smallest absolute Gasteiger partial charge is 0.251 e. The molecule has 3 atom stereocenters. The highest BCUT2D eigenvalue weighted by Gasteiger charge is 2.34. The van der Waals surface area contributed by atoms with Crippen LogP contribution in [0.2, 0.25) is 5.02 Å². The van der Waals surface area contributed by atoms with Crippen molar-refractivity contribution in [2.45, 2.75) is 57.2 Å². The first-order valence-corrected chi connectivity index (χ1v) is 14.2. The van der Waals surface area contributed by atoms with E-state index in [2.05, 4.69) is 24.2 Å². The minimum atomic E-state index is -0.202. The van der Waals surface area contributed by atoms with Gasteiger partial charge in [0.05, 0.1) is 18.4 Å². The van der Waals surface area contributed by atoms with Crippen LogP contribution in [0.1, 0.15) is 72.1 Å². The van der Waals surface area contributed by atoms with Gasteiger partial charge in [0.1, 0.15) is 5.75 Å². The number of nitrogen functional groups attached to an aromatic ring is 1. The van der Waals surface area contributed by atoms with Crippen LogP contribution in [0.15, 0.2) is 66.7 Å². The molecule has 3 unspecified atom stereocenters. The second-order valence-electron chi connectivity index (χ2n) is 10.9. The van der Waals surface area contributed by atoms with Gasteiger partial charge in [0.2, 0.25) is 0 Å². The molecule has 0 radical (unpaired) electrons. The Morgan fingerprint density at radius 1 is 1.08 bits per heavy atom. The third-order valence-corrected chi connectivity index (χ3v) is 8.60. The van der Waals surface area contributed by atoms with Crippen molar-refractivity contribution in [3.05, 3.63) is 94.0 Å². The van der Waals surface area contributed by atoms with Gasteiger partial charge in [0.25, 0.3) is 5.91 Å². The van der Waals surface area contributed by atoms with E-state index in [9.17, 15) is 4.79 Å². The molecule has 1 aliphatic carbocycles. The van der Waals surface area contributed by atoms with Gasteiger partial charge in [-0.25, -0.2) is 0 Å². The number of amides is 1. The van der Waals surface area contributed by atoms with Crippen molar-refractivity contribution in [1.29, 1.82) is 5.41 Å². The van der Waals surface area contributed by atoms with Crippen LogP contribution in [-0.2, 0) is 0 Å². The maximum absolute atomic E-state index is 13.3. The number of nitrogens with zero attached hydrogens (tertiary/aromatic N) is 1. The molecule has 0 spiro atoms. The van der Waals surface area contributed by atoms with E-state index in [4.69, 9.17) is 27.5 Å². The van der Waals surface area contributed by atoms with Crippen molar-refractivity contribution < 1.29 is 9.53 Å². The lowest BCUT2D eigenvalue weighted by Gasteiger charge is -2.23. The number of carbonyl (C=O) groups excluding carboxylic acids is 1. The van der Waals surface area contributed by atoms with Crippen LogP contribution in [0.3, 0.4) is 0 Å². The molecule has 3 aromatic rings. The van der Waals surface area contributed by atoms with Gasteiger partial charge in [0.15, 0.2) is 0 Å². The fraction of sp³-hybridized carbons (Fsp3) is 0.375. The molecule has 7 heteroatoms. The Kier molecular flexibility index (Phi) is 8.24. The molecule has 3 aromatic carbocycles. The van der Waals surface area contributed by atoms with Gasteiger partial charge in [-0.3, -0.25) is 10.2 Å². The number of likely N-dealkylation sites (tertiary alicyclic amines) is 1. The van der Waals surface area contributed by atoms with Gasteiger partial charge in [-0.15, -0.1) is 0 Å². The van der Waals surface area contributed by atoms with Crippen molar-refractivity contribution in [1.82, 2.24) is 10.2 Å². The van der Waals surface area contributed by atoms with Gasteiger partial charge in [-0.2, -0.15) is 0 Å². The van der Waals surface area contributed by atoms with Crippen molar-refractivity contribution >= 4 is 28.9 Å². The lowest BCUT2D eigenvalue weighted by Crippen LogP contribution is -2.31. The summed E-state index contributed by atoms with van der Waals surface area (Å²) in [6.45, 7) is 2.94. The molecule has 6 nitrogen and oxygen atoms in total. The predicted molar refractivity (Wildman–Crippen MR) is 158 cm³/mol. The van der Waals surface area contributed by atoms with E-state index in [-0.39, 0.29) is 17.7 Å². The van der Waals surface area contributed by atoms with Crippen molar-refractivity contribution in [2.75, 3.05) is 19.4 Å². The summed E-state index contributed by atoms with van der Waals surface area (Å²) < 4.78 is 5.99. The van der Waals surface area contributed by atoms with E-state index < -0.39 is 0 Å². The summed E-state index contributed by atoms with van der Waals surface area (Å²) in [5, 5.41) is 12.6. The van der Waals surface area contributed by atoms with E-state index in [1.165, 1.54) is 12.8 Å². The van der Waals surface area contributed by atoms with Gasteiger partial charge in [-0.05, 0) is 106 Å². The standard InChI is InChI=1S/C32H37ClN4O2/c1-20-7-13-24(37(20)2)17-18-39-25-14-10-21(11-15-25)30(35)27-19-23(12-16-29(27)34)32(38)36-31(22-8-9-22)26-5-3-4-6-28(26)33/h3-6,10-12,14-16,19-20,22,24,31,35H,7-9,13,17-18,34H2,1-2H3,(H,36,38). The quantitative estimate of drug-likeness (QED) is 0.201. The Labute approximate surface area is 236 Å². The number of anilines is 1. The first-order chi connectivity index (χ1) is 18.8. The van der Waals surface area contributed by atoms with E-state index in [0.29, 0.717) is 52.0 Å². The number of benzene rings is 3. The number of rotatable bonds is 10. The molecule has 1 amide bonds. The molecule has 1 saturated carbocycles. The summed E-state index contributed by atoms with van der Waals surface area (Å²) in [4.78, 5) is 15.7. The third-order valence-electron chi connectivity index (χ3n) is 8.26. The first kappa shape index (κ1) is 27.2. The Hall–Kier alpha value is -3.35. The molecule has 204 valence electrons. The maximum Gasteiger partial charge on any atom is 0.251 e. The molecular formula is C32H37ClN4O2. The number of nitrogens with two attached hydrogens (primary N) is 1. The minimum absolute atomic E-state index is 0.142. The van der Waals surface area contributed by atoms with Crippen molar-refractivity contribution in [3.8, 4) is 5.75 Å². The zero-order valence-corrected chi connectivity index (χ0v) is 23.4. The van der Waals surface area contributed by atoms with Crippen LogP contribution in [-0.4, -0.2) is 42.3 Å². The largest absolute Gasteiger partial charge is 0.494 e. The minimum Gasteiger partial charge on any atom is -0.494 e. The van der Waals surface area contributed by atoms with Crippen molar-refractivity contribution in [2.24, 2.45) is 5.92 Å². The number of hydrogen-bond donors (Lipinski definition) is 3. The molecule has 2 aliphatic rings. The number of halogens is 1. The van der Waals surface area contributed by atoms with Gasteiger partial charge >= 0.3 is 0 Å². The highest BCUT2D eigenvalue weighted by molar-refractivity contribution is 6.31. The Bertz CT molecular complexity index is 1340. The van der Waals surface area contributed by atoms with E-state index in [1.54, 1.807) is 18.2 Å². The number of hydrogen-bond acceptors (Lipinski definition) is 5. The normalized spacial score (nSPS) is 20.0. The molecule has 1 aliphatic heterocycles. The van der Waals surface area contributed by atoms with E-state index in [0.717, 1.165) is 30.6 Å². The van der Waals surface area contributed by atoms with Crippen LogP contribution in [0.5, 0.6) is 5.75 Å². The fourth-order valence-corrected chi connectivity index (χ4v) is 5.73. The summed E-state index contributed by atoms with van der Waals surface area (Å²) in [5.41, 5.74) is 9.61. The summed E-state index contributed by atoms with van der Waals surface area (Å²) in [7, 11) is 2.19. The van der Waals surface area contributed by atoms with Crippen LogP contribution < -0.4 is 15.8 Å². The lowest BCUT2D eigenvalue weighted by atomic mass is 9.97. The molecule has 5 rings (SSSR count). The SMILES string of the molecule is CC1CCC(CCOc2ccc(C(=N)c3cc(C(=O)NC(c4ccccc4Cl)C4CC4)ccc3N)cc2)N1C. The highest BCUT2D eigenvalue weighted by atomic mass is 35.5. The predicted octanol–water partition coefficient (Wildman–Crippen LogP) is 6.47. The van der Waals surface area contributed by atoms with Crippen LogP contribution in [0.4, 0.5) is 5.69 Å². The molecule has 2 fully saturated rings. The number of ether oxygens (including phenoxy) is 1. The second-order valence-corrected chi connectivity index (χ2v) is 11.3. The zero-order valence-electron chi connectivity index (χ0n) is 22.6. The Morgan fingerprint density at radius 2 is 1.79 bits per heavy atom. The molecular weight excluding hydrogens is 508 g/mol. The maximum atomic E-state index is 13.3. The summed E-state index contributed by atoms with van der Waals surface area (Å²) in [6.07, 6.45) is 5.58. The lowest BCUT2D eigenvalue weighted by molar-refractivity contribution is 0.0931. The van der Waals surface area contributed by atoms with E-state index in [1.807, 2.05) is 48.5 Å². The second kappa shape index (κ2) is 11.8. The monoisotopic (exact) mass is 544 g/mol. The average Bonchev–Trinajstić information content (AvgIpc) is 3.74. The number of carbonyl (C=O) groups is 1. The molecule has 0 aromatic heterocycles. The molecule has 4 N–H and O–H groups in total. The average molecular weight is 545 g/mol. The van der Waals surface area contributed by atoms with Gasteiger partial charge in [-0.1, -0.05) is 29.8 Å². The Balaban J connectivity index is 1.24. The van der Waals surface area contributed by atoms with Crippen LogP contribution in [0.25, 0.3) is 0 Å². The summed E-state index contributed by atoms with van der Waals surface area (Å²) in [6, 6.07) is 21.3. The Morgan fingerprint density at radius 3 is 2.46 bits per heavy atom. The zero-order chi connectivity index (χ0) is 27.5. The highest BCUT2D eigenvalue weighted by Crippen LogP contribution is 2.43. The molecule has 39 heavy (non-hydrogen) atoms. The third kappa shape index (κ3) is 6.29. The van der Waals surface area contributed by atoms with Crippen molar-refractivity contribution in [3.63, 3.8) is 0 Å². The first-order valence-electron chi connectivity index (χ1n) is 13.8. The molecule has 0 bridgehead atoms.